The number of nitrogens with zero attached hydrogens (tertiary/aromatic N) is 1. The molecule has 2 N–H and O–H groups in total. The van der Waals surface area contributed by atoms with Crippen molar-refractivity contribution < 1.29 is 4.74 Å². The number of fused-ring (bicyclic) bond motifs is 1. The molecule has 98 valence electrons. The summed E-state index contributed by atoms with van der Waals surface area (Å²) in [4.78, 5) is 2.55. The predicted octanol–water partition coefficient (Wildman–Crippen LogP) is 1.59. The first-order valence-electron chi connectivity index (χ1n) is 7.05. The minimum absolute atomic E-state index is 0.614. The van der Waals surface area contributed by atoms with Gasteiger partial charge in [0.15, 0.2) is 0 Å². The third-order valence-electron chi connectivity index (χ3n) is 4.21. The molecule has 3 nitrogen and oxygen atoms in total. The fourth-order valence-electron chi connectivity index (χ4n) is 3.12. The maximum atomic E-state index is 5.81. The summed E-state index contributed by atoms with van der Waals surface area (Å²) in [6, 6.07) is 7.26. The second kappa shape index (κ2) is 5.29. The van der Waals surface area contributed by atoms with Crippen LogP contribution < -0.4 is 10.5 Å². The second-order valence-electron chi connectivity index (χ2n) is 5.36. The number of hydrogen-bond acceptors (Lipinski definition) is 3. The van der Waals surface area contributed by atoms with Crippen LogP contribution in [0.3, 0.4) is 0 Å². The fraction of sp³-hybridized carbons (Fsp3) is 0.600. The van der Waals surface area contributed by atoms with Crippen molar-refractivity contribution in [1.29, 1.82) is 0 Å². The molecule has 0 amide bonds. The first-order chi connectivity index (χ1) is 8.86. The van der Waals surface area contributed by atoms with Crippen LogP contribution in [-0.2, 0) is 12.8 Å². The Hall–Kier alpha value is -1.06. The first kappa shape index (κ1) is 12.0. The number of ether oxygens (including phenoxy) is 1. The summed E-state index contributed by atoms with van der Waals surface area (Å²) in [6.07, 6.45) is 4.77. The number of benzene rings is 1. The van der Waals surface area contributed by atoms with Crippen molar-refractivity contribution in [2.24, 2.45) is 5.73 Å². The lowest BCUT2D eigenvalue weighted by atomic mass is 10.1. The van der Waals surface area contributed by atoms with E-state index in [-0.39, 0.29) is 0 Å². The van der Waals surface area contributed by atoms with Gasteiger partial charge in [0, 0.05) is 25.6 Å². The normalized spacial score (nSPS) is 23.1. The number of rotatable bonds is 4. The molecule has 1 fully saturated rings. The van der Waals surface area contributed by atoms with Gasteiger partial charge in [0.2, 0.25) is 0 Å². The van der Waals surface area contributed by atoms with E-state index in [4.69, 9.17) is 10.5 Å². The van der Waals surface area contributed by atoms with Gasteiger partial charge < -0.3 is 10.5 Å². The van der Waals surface area contributed by atoms with Gasteiger partial charge in [-0.25, -0.2) is 0 Å². The average Bonchev–Trinajstić information content (AvgIpc) is 3.04. The second-order valence-corrected chi connectivity index (χ2v) is 5.36. The largest absolute Gasteiger partial charge is 0.493 e. The number of hydrogen-bond donors (Lipinski definition) is 1. The lowest BCUT2D eigenvalue weighted by Crippen LogP contribution is -2.36. The average molecular weight is 246 g/mol. The van der Waals surface area contributed by atoms with E-state index < -0.39 is 0 Å². The van der Waals surface area contributed by atoms with Gasteiger partial charge in [0.05, 0.1) is 6.61 Å². The molecule has 2 aliphatic rings. The molecule has 3 heteroatoms. The van der Waals surface area contributed by atoms with Crippen molar-refractivity contribution in [1.82, 2.24) is 4.90 Å². The lowest BCUT2D eigenvalue weighted by molar-refractivity contribution is 0.262. The standard InChI is InChI=1S/C15H22N2O/c16-11-14-2-1-7-17(14)8-5-12-3-4-15-13(10-12)6-9-18-15/h3-4,10,14H,1-2,5-9,11,16H2. The van der Waals surface area contributed by atoms with Crippen LogP contribution in [0.2, 0.25) is 0 Å². The lowest BCUT2D eigenvalue weighted by Gasteiger charge is -2.23. The number of likely N-dealkylation sites (tertiary alicyclic amines) is 1. The van der Waals surface area contributed by atoms with Crippen LogP contribution >= 0.6 is 0 Å². The molecule has 1 aromatic carbocycles. The van der Waals surface area contributed by atoms with E-state index >= 15 is 0 Å². The van der Waals surface area contributed by atoms with Gasteiger partial charge in [-0.2, -0.15) is 0 Å². The molecule has 1 saturated heterocycles. The van der Waals surface area contributed by atoms with E-state index in [9.17, 15) is 0 Å². The van der Waals surface area contributed by atoms with Crippen molar-refractivity contribution in [3.63, 3.8) is 0 Å². The van der Waals surface area contributed by atoms with Crippen molar-refractivity contribution in [3.8, 4) is 5.75 Å². The SMILES string of the molecule is NCC1CCCN1CCc1ccc2c(c1)CCO2. The van der Waals surface area contributed by atoms with Crippen LogP contribution in [0.15, 0.2) is 18.2 Å². The monoisotopic (exact) mass is 246 g/mol. The van der Waals surface area contributed by atoms with E-state index in [1.807, 2.05) is 0 Å². The summed E-state index contributed by atoms with van der Waals surface area (Å²) in [7, 11) is 0. The van der Waals surface area contributed by atoms with Gasteiger partial charge in [-0.1, -0.05) is 12.1 Å². The molecular formula is C15H22N2O. The highest BCUT2D eigenvalue weighted by Crippen LogP contribution is 2.26. The molecule has 0 aliphatic carbocycles. The molecule has 0 saturated carbocycles. The quantitative estimate of drug-likeness (QED) is 0.876. The zero-order valence-electron chi connectivity index (χ0n) is 10.9. The van der Waals surface area contributed by atoms with E-state index in [1.165, 1.54) is 30.5 Å². The minimum Gasteiger partial charge on any atom is -0.493 e. The molecule has 2 heterocycles. The molecule has 1 aromatic rings. The van der Waals surface area contributed by atoms with Crippen LogP contribution in [0.4, 0.5) is 0 Å². The van der Waals surface area contributed by atoms with Gasteiger partial charge in [-0.3, -0.25) is 4.90 Å². The maximum absolute atomic E-state index is 5.81. The van der Waals surface area contributed by atoms with Crippen LogP contribution in [0.5, 0.6) is 5.75 Å². The highest BCUT2D eigenvalue weighted by atomic mass is 16.5. The Morgan fingerprint density at radius 1 is 1.39 bits per heavy atom. The van der Waals surface area contributed by atoms with E-state index in [1.54, 1.807) is 0 Å². The minimum atomic E-state index is 0.614. The smallest absolute Gasteiger partial charge is 0.122 e. The summed E-state index contributed by atoms with van der Waals surface area (Å²) in [5.41, 5.74) is 8.62. The fourth-order valence-corrected chi connectivity index (χ4v) is 3.12. The van der Waals surface area contributed by atoms with Crippen molar-refractivity contribution in [2.45, 2.75) is 31.7 Å². The topological polar surface area (TPSA) is 38.5 Å². The Morgan fingerprint density at radius 3 is 3.22 bits per heavy atom. The predicted molar refractivity (Wildman–Crippen MR) is 73.0 cm³/mol. The maximum Gasteiger partial charge on any atom is 0.122 e. The summed E-state index contributed by atoms with van der Waals surface area (Å²) in [5, 5.41) is 0. The number of nitrogens with two attached hydrogens (primary N) is 1. The Balaban J connectivity index is 1.60. The van der Waals surface area contributed by atoms with E-state index in [0.717, 1.165) is 38.3 Å². The van der Waals surface area contributed by atoms with Crippen molar-refractivity contribution in [3.05, 3.63) is 29.3 Å². The molecule has 0 radical (unpaired) electrons. The zero-order chi connectivity index (χ0) is 12.4. The molecule has 3 rings (SSSR count). The van der Waals surface area contributed by atoms with E-state index in [2.05, 4.69) is 23.1 Å². The molecule has 2 aliphatic heterocycles. The Kier molecular flexibility index (Phi) is 3.52. The summed E-state index contributed by atoms with van der Waals surface area (Å²) < 4.78 is 5.54. The molecule has 0 bridgehead atoms. The van der Waals surface area contributed by atoms with Crippen molar-refractivity contribution >= 4 is 0 Å². The van der Waals surface area contributed by atoms with Gasteiger partial charge in [0.1, 0.15) is 5.75 Å². The molecule has 0 spiro atoms. The van der Waals surface area contributed by atoms with Gasteiger partial charge >= 0.3 is 0 Å². The zero-order valence-corrected chi connectivity index (χ0v) is 10.9. The van der Waals surface area contributed by atoms with Gasteiger partial charge in [0.25, 0.3) is 0 Å². The van der Waals surface area contributed by atoms with Crippen LogP contribution in [0.1, 0.15) is 24.0 Å². The first-order valence-corrected chi connectivity index (χ1v) is 7.05. The van der Waals surface area contributed by atoms with Crippen LogP contribution in [0.25, 0.3) is 0 Å². The third kappa shape index (κ3) is 2.38. The Morgan fingerprint density at radius 2 is 2.33 bits per heavy atom. The van der Waals surface area contributed by atoms with Crippen molar-refractivity contribution in [2.75, 3.05) is 26.2 Å². The highest BCUT2D eigenvalue weighted by Gasteiger charge is 2.22. The molecule has 0 aromatic heterocycles. The van der Waals surface area contributed by atoms with Crippen LogP contribution in [0, 0.1) is 0 Å². The summed E-state index contributed by atoms with van der Waals surface area (Å²) >= 11 is 0. The molecule has 1 atom stereocenters. The summed E-state index contributed by atoms with van der Waals surface area (Å²) in [6.45, 7) is 4.01. The van der Waals surface area contributed by atoms with Gasteiger partial charge in [-0.05, 0) is 43.0 Å². The Labute approximate surface area is 109 Å². The van der Waals surface area contributed by atoms with Crippen LogP contribution in [-0.4, -0.2) is 37.2 Å². The molecule has 1 unspecified atom stereocenters. The highest BCUT2D eigenvalue weighted by molar-refractivity contribution is 5.39. The summed E-state index contributed by atoms with van der Waals surface area (Å²) in [5.74, 6) is 1.08. The van der Waals surface area contributed by atoms with E-state index in [0.29, 0.717) is 6.04 Å². The third-order valence-corrected chi connectivity index (χ3v) is 4.21. The Bertz CT molecular complexity index is 419. The van der Waals surface area contributed by atoms with Gasteiger partial charge in [-0.15, -0.1) is 0 Å². The molecule has 18 heavy (non-hydrogen) atoms. The molecular weight excluding hydrogens is 224 g/mol.